The zero-order valence-electron chi connectivity index (χ0n) is 17.0. The maximum Gasteiger partial charge on any atom is 0.242 e. The third-order valence-corrected chi connectivity index (χ3v) is 7.40. The Balaban J connectivity index is 1.59. The number of ether oxygens (including phenoxy) is 1. The molecule has 1 aromatic carbocycles. The van der Waals surface area contributed by atoms with Crippen molar-refractivity contribution >= 4 is 32.6 Å². The van der Waals surface area contributed by atoms with Crippen molar-refractivity contribution in [2.24, 2.45) is 0 Å². The zero-order valence-corrected chi connectivity index (χ0v) is 17.8. The Hall–Kier alpha value is -2.39. The molecule has 2 aliphatic heterocycles. The summed E-state index contributed by atoms with van der Waals surface area (Å²) in [6.45, 7) is 3.37. The highest BCUT2D eigenvalue weighted by Gasteiger charge is 2.28. The molecule has 0 spiro atoms. The summed E-state index contributed by atoms with van der Waals surface area (Å²) in [4.78, 5) is 28.8. The topological polar surface area (TPSA) is 88.9 Å². The van der Waals surface area contributed by atoms with E-state index >= 15 is 0 Å². The Bertz CT molecular complexity index is 1030. The van der Waals surface area contributed by atoms with E-state index < -0.39 is 15.6 Å². The Labute approximate surface area is 176 Å². The minimum atomic E-state index is -3.83. The van der Waals surface area contributed by atoms with Crippen LogP contribution in [0.4, 0.5) is 0 Å². The molecule has 0 saturated carbocycles. The van der Waals surface area contributed by atoms with Crippen LogP contribution in [0.1, 0.15) is 19.3 Å². The number of sulfone groups is 1. The summed E-state index contributed by atoms with van der Waals surface area (Å²) >= 11 is 0. The van der Waals surface area contributed by atoms with Gasteiger partial charge in [-0.3, -0.25) is 9.59 Å². The third-order valence-electron chi connectivity index (χ3n) is 5.78. The number of piperidine rings is 1. The number of hydrogen-bond acceptors (Lipinski definition) is 5. The van der Waals surface area contributed by atoms with Crippen LogP contribution in [0.5, 0.6) is 0 Å². The van der Waals surface area contributed by atoms with E-state index in [9.17, 15) is 18.0 Å². The second-order valence-corrected chi connectivity index (χ2v) is 9.79. The van der Waals surface area contributed by atoms with Gasteiger partial charge in [-0.25, -0.2) is 8.42 Å². The van der Waals surface area contributed by atoms with Crippen molar-refractivity contribution in [3.05, 3.63) is 30.5 Å². The summed E-state index contributed by atoms with van der Waals surface area (Å²) < 4.78 is 33.2. The molecule has 0 bridgehead atoms. The maximum absolute atomic E-state index is 13.1. The number of morpholine rings is 1. The molecule has 2 amide bonds. The number of nitrogens with zero attached hydrogens (tertiary/aromatic N) is 3. The van der Waals surface area contributed by atoms with Crippen molar-refractivity contribution in [3.8, 4) is 0 Å². The Morgan fingerprint density at radius 3 is 2.30 bits per heavy atom. The van der Waals surface area contributed by atoms with Gasteiger partial charge in [-0.1, -0.05) is 18.2 Å². The fraction of sp³-hybridized carbons (Fsp3) is 0.524. The summed E-state index contributed by atoms with van der Waals surface area (Å²) in [5.41, 5.74) is 0.670. The standard InChI is InChI=1S/C21H27N3O5S/c25-20(23-10-12-29-13-11-23)15-24-14-19(17-6-2-3-7-18(17)24)30(27,28)16-21(26)22-8-4-1-5-9-22/h2-3,6-7,14H,1,4-5,8-13,15-16H2. The average Bonchev–Trinajstić information content (AvgIpc) is 3.14. The number of carbonyl (C=O) groups is 2. The van der Waals surface area contributed by atoms with E-state index in [0.29, 0.717) is 50.3 Å². The molecule has 2 aliphatic rings. The first kappa shape index (κ1) is 20.9. The average molecular weight is 434 g/mol. The van der Waals surface area contributed by atoms with Crippen molar-refractivity contribution in [1.82, 2.24) is 14.4 Å². The van der Waals surface area contributed by atoms with Crippen LogP contribution in [-0.2, 0) is 30.7 Å². The number of amides is 2. The molecule has 0 atom stereocenters. The fourth-order valence-corrected chi connectivity index (χ4v) is 5.58. The van der Waals surface area contributed by atoms with E-state index in [1.807, 2.05) is 6.07 Å². The summed E-state index contributed by atoms with van der Waals surface area (Å²) in [5, 5.41) is 0.540. The molecule has 0 radical (unpaired) electrons. The summed E-state index contributed by atoms with van der Waals surface area (Å²) in [5.74, 6) is -0.971. The lowest BCUT2D eigenvalue weighted by molar-refractivity contribution is -0.135. The van der Waals surface area contributed by atoms with Gasteiger partial charge < -0.3 is 19.1 Å². The Morgan fingerprint density at radius 1 is 0.900 bits per heavy atom. The first-order chi connectivity index (χ1) is 14.5. The molecule has 0 aliphatic carbocycles. The number of aromatic nitrogens is 1. The van der Waals surface area contributed by atoms with Crippen LogP contribution in [0.15, 0.2) is 35.4 Å². The lowest BCUT2D eigenvalue weighted by Gasteiger charge is -2.27. The number of rotatable bonds is 5. The van der Waals surface area contributed by atoms with Gasteiger partial charge in [-0.2, -0.15) is 0 Å². The molecule has 162 valence electrons. The molecule has 2 saturated heterocycles. The van der Waals surface area contributed by atoms with E-state index in [1.54, 1.807) is 32.6 Å². The maximum atomic E-state index is 13.1. The van der Waals surface area contributed by atoms with Gasteiger partial charge in [0.2, 0.25) is 11.8 Å². The van der Waals surface area contributed by atoms with Gasteiger partial charge in [0.1, 0.15) is 12.3 Å². The number of para-hydroxylation sites is 1. The van der Waals surface area contributed by atoms with Crippen LogP contribution in [0, 0.1) is 0 Å². The van der Waals surface area contributed by atoms with Crippen LogP contribution < -0.4 is 0 Å². The predicted octanol–water partition coefficient (Wildman–Crippen LogP) is 1.29. The third kappa shape index (κ3) is 4.37. The molecule has 9 heteroatoms. The van der Waals surface area contributed by atoms with Crippen molar-refractivity contribution in [2.45, 2.75) is 30.7 Å². The molecule has 0 unspecified atom stereocenters. The molecule has 3 heterocycles. The van der Waals surface area contributed by atoms with E-state index in [2.05, 4.69) is 0 Å². The smallest absolute Gasteiger partial charge is 0.242 e. The first-order valence-corrected chi connectivity index (χ1v) is 12.0. The molecular formula is C21H27N3O5S. The van der Waals surface area contributed by atoms with Crippen molar-refractivity contribution in [3.63, 3.8) is 0 Å². The molecule has 2 fully saturated rings. The molecule has 0 N–H and O–H groups in total. The van der Waals surface area contributed by atoms with Crippen molar-refractivity contribution in [1.29, 1.82) is 0 Å². The monoisotopic (exact) mass is 433 g/mol. The van der Waals surface area contributed by atoms with Gasteiger partial charge in [0.15, 0.2) is 9.84 Å². The van der Waals surface area contributed by atoms with Crippen LogP contribution in [0.25, 0.3) is 10.9 Å². The van der Waals surface area contributed by atoms with Gasteiger partial charge in [0, 0.05) is 43.3 Å². The second kappa shape index (κ2) is 8.77. The summed E-state index contributed by atoms with van der Waals surface area (Å²) in [6.07, 6.45) is 4.40. The van der Waals surface area contributed by atoms with Gasteiger partial charge in [-0.05, 0) is 25.3 Å². The number of likely N-dealkylation sites (tertiary alicyclic amines) is 1. The SMILES string of the molecule is O=C(Cn1cc(S(=O)(=O)CC(=O)N2CCCCC2)c2ccccc21)N1CCOCC1. The first-order valence-electron chi connectivity index (χ1n) is 10.4. The fourth-order valence-electron chi connectivity index (χ4n) is 4.13. The quantitative estimate of drug-likeness (QED) is 0.709. The summed E-state index contributed by atoms with van der Waals surface area (Å²) in [6, 6.07) is 7.10. The minimum Gasteiger partial charge on any atom is -0.378 e. The number of hydrogen-bond donors (Lipinski definition) is 0. The van der Waals surface area contributed by atoms with Gasteiger partial charge in [0.05, 0.1) is 18.1 Å². The second-order valence-electron chi connectivity index (χ2n) is 7.83. The van der Waals surface area contributed by atoms with Crippen LogP contribution in [-0.4, -0.2) is 79.7 Å². The molecular weight excluding hydrogens is 406 g/mol. The highest BCUT2D eigenvalue weighted by Crippen LogP contribution is 2.27. The normalized spacial score (nSPS) is 18.0. The molecule has 2 aromatic rings. The predicted molar refractivity (Wildman–Crippen MR) is 112 cm³/mol. The Kier molecular flexibility index (Phi) is 6.10. The number of fused-ring (bicyclic) bond motifs is 1. The van der Waals surface area contributed by atoms with Crippen molar-refractivity contribution in [2.75, 3.05) is 45.1 Å². The lowest BCUT2D eigenvalue weighted by atomic mass is 10.1. The van der Waals surface area contributed by atoms with E-state index in [0.717, 1.165) is 19.3 Å². The van der Waals surface area contributed by atoms with E-state index in [1.165, 1.54) is 6.20 Å². The molecule has 8 nitrogen and oxygen atoms in total. The Morgan fingerprint density at radius 2 is 1.57 bits per heavy atom. The largest absolute Gasteiger partial charge is 0.378 e. The minimum absolute atomic E-state index is 0.0517. The highest BCUT2D eigenvalue weighted by atomic mass is 32.2. The van der Waals surface area contributed by atoms with Crippen LogP contribution in [0.3, 0.4) is 0 Å². The van der Waals surface area contributed by atoms with Gasteiger partial charge in [-0.15, -0.1) is 0 Å². The zero-order chi connectivity index (χ0) is 21.1. The number of benzene rings is 1. The molecule has 1 aromatic heterocycles. The molecule has 4 rings (SSSR count). The van der Waals surface area contributed by atoms with Gasteiger partial charge >= 0.3 is 0 Å². The summed E-state index contributed by atoms with van der Waals surface area (Å²) in [7, 11) is -3.83. The van der Waals surface area contributed by atoms with Crippen LogP contribution in [0.2, 0.25) is 0 Å². The van der Waals surface area contributed by atoms with Crippen molar-refractivity contribution < 1.29 is 22.7 Å². The van der Waals surface area contributed by atoms with Crippen LogP contribution >= 0.6 is 0 Å². The van der Waals surface area contributed by atoms with E-state index in [4.69, 9.17) is 4.74 Å². The molecule has 30 heavy (non-hydrogen) atoms. The number of carbonyl (C=O) groups excluding carboxylic acids is 2. The lowest BCUT2D eigenvalue weighted by Crippen LogP contribution is -2.42. The van der Waals surface area contributed by atoms with E-state index in [-0.39, 0.29) is 23.3 Å². The highest BCUT2D eigenvalue weighted by molar-refractivity contribution is 7.92. The van der Waals surface area contributed by atoms with Gasteiger partial charge in [0.25, 0.3) is 0 Å².